The monoisotopic (exact) mass is 361 g/mol. The number of halogens is 1. The van der Waals surface area contributed by atoms with Gasteiger partial charge in [-0.05, 0) is 42.0 Å². The second kappa shape index (κ2) is 7.37. The van der Waals surface area contributed by atoms with Crippen molar-refractivity contribution in [3.63, 3.8) is 0 Å². The summed E-state index contributed by atoms with van der Waals surface area (Å²) in [6.07, 6.45) is 0. The molecule has 1 aliphatic heterocycles. The SMILES string of the molecule is O=C1N=c2ccc(NCc3ccccc3OCc3ccc(F)cc3)cc2=N1. The molecule has 0 saturated carbocycles. The molecule has 1 aliphatic rings. The van der Waals surface area contributed by atoms with E-state index in [1.807, 2.05) is 30.3 Å². The summed E-state index contributed by atoms with van der Waals surface area (Å²) in [7, 11) is 0. The van der Waals surface area contributed by atoms with Crippen LogP contribution in [0.5, 0.6) is 5.75 Å². The highest BCUT2D eigenvalue weighted by Crippen LogP contribution is 2.20. The van der Waals surface area contributed by atoms with Crippen molar-refractivity contribution in [2.24, 2.45) is 9.98 Å². The first-order valence-corrected chi connectivity index (χ1v) is 8.48. The van der Waals surface area contributed by atoms with E-state index >= 15 is 0 Å². The Bertz CT molecular complexity index is 1110. The van der Waals surface area contributed by atoms with Gasteiger partial charge < -0.3 is 10.1 Å². The number of urea groups is 1. The van der Waals surface area contributed by atoms with Gasteiger partial charge in [-0.1, -0.05) is 30.3 Å². The van der Waals surface area contributed by atoms with Gasteiger partial charge in [0.15, 0.2) is 0 Å². The van der Waals surface area contributed by atoms with Gasteiger partial charge in [-0.25, -0.2) is 9.18 Å². The van der Waals surface area contributed by atoms with Gasteiger partial charge >= 0.3 is 6.03 Å². The Morgan fingerprint density at radius 3 is 2.56 bits per heavy atom. The van der Waals surface area contributed by atoms with Gasteiger partial charge in [0.2, 0.25) is 0 Å². The molecule has 0 saturated heterocycles. The first-order chi connectivity index (χ1) is 13.2. The van der Waals surface area contributed by atoms with Crippen LogP contribution in [0.1, 0.15) is 11.1 Å². The van der Waals surface area contributed by atoms with E-state index in [1.54, 1.807) is 24.3 Å². The molecule has 5 nitrogen and oxygen atoms in total. The number of fused-ring (bicyclic) bond motifs is 1. The molecule has 0 aliphatic carbocycles. The normalized spacial score (nSPS) is 12.1. The summed E-state index contributed by atoms with van der Waals surface area (Å²) >= 11 is 0. The molecule has 2 amide bonds. The minimum atomic E-state index is -0.471. The van der Waals surface area contributed by atoms with Crippen molar-refractivity contribution in [2.75, 3.05) is 5.32 Å². The van der Waals surface area contributed by atoms with Crippen LogP contribution in [0.25, 0.3) is 0 Å². The molecule has 3 aromatic rings. The van der Waals surface area contributed by atoms with E-state index in [0.717, 1.165) is 22.6 Å². The average molecular weight is 361 g/mol. The van der Waals surface area contributed by atoms with Crippen molar-refractivity contribution in [1.82, 2.24) is 0 Å². The van der Waals surface area contributed by atoms with Crippen molar-refractivity contribution in [2.45, 2.75) is 13.2 Å². The molecule has 3 aromatic carbocycles. The van der Waals surface area contributed by atoms with E-state index in [1.165, 1.54) is 12.1 Å². The highest BCUT2D eigenvalue weighted by Gasteiger charge is 2.07. The number of nitrogens with zero attached hydrogens (tertiary/aromatic N) is 2. The van der Waals surface area contributed by atoms with Gasteiger partial charge in [-0.15, -0.1) is 0 Å². The largest absolute Gasteiger partial charge is 0.489 e. The van der Waals surface area contributed by atoms with Crippen LogP contribution in [0.3, 0.4) is 0 Å². The number of rotatable bonds is 6. The van der Waals surface area contributed by atoms with Gasteiger partial charge in [0, 0.05) is 17.8 Å². The lowest BCUT2D eigenvalue weighted by molar-refractivity contribution is 0.256. The predicted octanol–water partition coefficient (Wildman–Crippen LogP) is 3.39. The third-order valence-corrected chi connectivity index (χ3v) is 4.17. The molecule has 27 heavy (non-hydrogen) atoms. The minimum Gasteiger partial charge on any atom is -0.489 e. The number of hydrogen-bond donors (Lipinski definition) is 1. The Hall–Kier alpha value is -3.54. The van der Waals surface area contributed by atoms with E-state index in [0.29, 0.717) is 23.9 Å². The van der Waals surface area contributed by atoms with E-state index in [2.05, 4.69) is 15.3 Å². The number of amides is 2. The van der Waals surface area contributed by atoms with Crippen molar-refractivity contribution in [1.29, 1.82) is 0 Å². The molecule has 0 aromatic heterocycles. The van der Waals surface area contributed by atoms with Crippen molar-refractivity contribution in [3.8, 4) is 5.75 Å². The first kappa shape index (κ1) is 16.9. The second-order valence-corrected chi connectivity index (χ2v) is 6.09. The summed E-state index contributed by atoms with van der Waals surface area (Å²) in [6.45, 7) is 0.905. The molecule has 0 radical (unpaired) electrons. The molecule has 0 bridgehead atoms. The lowest BCUT2D eigenvalue weighted by Crippen LogP contribution is -2.21. The first-order valence-electron chi connectivity index (χ1n) is 8.48. The van der Waals surface area contributed by atoms with Crippen LogP contribution in [-0.4, -0.2) is 6.03 Å². The summed E-state index contributed by atoms with van der Waals surface area (Å²) in [5, 5.41) is 4.48. The lowest BCUT2D eigenvalue weighted by atomic mass is 10.2. The predicted molar refractivity (Wildman–Crippen MR) is 98.7 cm³/mol. The fraction of sp³-hybridized carbons (Fsp3) is 0.0952. The van der Waals surface area contributed by atoms with E-state index < -0.39 is 6.03 Å². The lowest BCUT2D eigenvalue weighted by Gasteiger charge is -2.13. The van der Waals surface area contributed by atoms with Gasteiger partial charge in [0.05, 0.1) is 10.7 Å². The summed E-state index contributed by atoms with van der Waals surface area (Å²) in [5.41, 5.74) is 2.72. The molecule has 134 valence electrons. The van der Waals surface area contributed by atoms with Crippen LogP contribution in [0, 0.1) is 5.82 Å². The maximum atomic E-state index is 13.0. The molecule has 1 heterocycles. The van der Waals surface area contributed by atoms with E-state index in [9.17, 15) is 9.18 Å². The molecule has 0 atom stereocenters. The zero-order valence-electron chi connectivity index (χ0n) is 14.4. The second-order valence-electron chi connectivity index (χ2n) is 6.09. The summed E-state index contributed by atoms with van der Waals surface area (Å²) in [5.74, 6) is 0.490. The summed E-state index contributed by atoms with van der Waals surface area (Å²) in [6, 6.07) is 18.9. The topological polar surface area (TPSA) is 63.0 Å². The quantitative estimate of drug-likeness (QED) is 0.732. The van der Waals surface area contributed by atoms with E-state index in [-0.39, 0.29) is 5.82 Å². The van der Waals surface area contributed by atoms with Crippen molar-refractivity contribution < 1.29 is 13.9 Å². The number of nitrogens with one attached hydrogen (secondary N) is 1. The maximum Gasteiger partial charge on any atom is 0.368 e. The molecular formula is C21H16FN3O2. The molecule has 4 rings (SSSR count). The van der Waals surface area contributed by atoms with Gasteiger partial charge in [-0.3, -0.25) is 0 Å². The smallest absolute Gasteiger partial charge is 0.368 e. The number of hydrogen-bond acceptors (Lipinski definition) is 3. The Balaban J connectivity index is 1.45. The highest BCUT2D eigenvalue weighted by atomic mass is 19.1. The number of ether oxygens (including phenoxy) is 1. The minimum absolute atomic E-state index is 0.265. The summed E-state index contributed by atoms with van der Waals surface area (Å²) in [4.78, 5) is 18.9. The van der Waals surface area contributed by atoms with Crippen molar-refractivity contribution >= 4 is 11.7 Å². The average Bonchev–Trinajstić information content (AvgIpc) is 3.06. The molecule has 0 unspecified atom stereocenters. The number of carbonyl (C=O) groups is 1. The molecule has 0 fully saturated rings. The third kappa shape index (κ3) is 4.00. The van der Waals surface area contributed by atoms with Gasteiger partial charge in [-0.2, -0.15) is 9.98 Å². The zero-order chi connectivity index (χ0) is 18.6. The Kier molecular flexibility index (Phi) is 4.61. The van der Waals surface area contributed by atoms with Crippen LogP contribution in [0.4, 0.5) is 14.9 Å². The van der Waals surface area contributed by atoms with Gasteiger partial charge in [0.25, 0.3) is 0 Å². The Morgan fingerprint density at radius 2 is 1.70 bits per heavy atom. The Labute approximate surface area is 154 Å². The summed E-state index contributed by atoms with van der Waals surface area (Å²) < 4.78 is 18.9. The van der Waals surface area contributed by atoms with Crippen LogP contribution in [-0.2, 0) is 13.2 Å². The molecule has 1 N–H and O–H groups in total. The third-order valence-electron chi connectivity index (χ3n) is 4.17. The van der Waals surface area contributed by atoms with Crippen LogP contribution in [0.15, 0.2) is 76.7 Å². The maximum absolute atomic E-state index is 13.0. The van der Waals surface area contributed by atoms with Crippen molar-refractivity contribution in [3.05, 3.63) is 94.4 Å². The standard InChI is InChI=1S/C21H16FN3O2/c22-16-7-5-14(6-8-16)13-27-20-4-2-1-3-15(20)12-23-17-9-10-18-19(11-17)25-21(26)24-18/h1-11,23H,12-13H2. The highest BCUT2D eigenvalue weighted by molar-refractivity contribution is 5.77. The van der Waals surface area contributed by atoms with Crippen LogP contribution < -0.4 is 20.8 Å². The fourth-order valence-corrected chi connectivity index (χ4v) is 2.78. The van der Waals surface area contributed by atoms with Crippen LogP contribution in [0.2, 0.25) is 0 Å². The van der Waals surface area contributed by atoms with Gasteiger partial charge in [0.1, 0.15) is 18.2 Å². The number of anilines is 1. The Morgan fingerprint density at radius 1 is 0.926 bits per heavy atom. The fourth-order valence-electron chi connectivity index (χ4n) is 2.78. The van der Waals surface area contributed by atoms with Crippen LogP contribution >= 0.6 is 0 Å². The molecule has 0 spiro atoms. The molecule has 6 heteroatoms. The van der Waals surface area contributed by atoms with E-state index in [4.69, 9.17) is 4.74 Å². The number of para-hydroxylation sites is 1. The number of carbonyl (C=O) groups excluding carboxylic acids is 1. The zero-order valence-corrected chi connectivity index (χ0v) is 14.4. The number of benzene rings is 3. The molecular weight excluding hydrogens is 345 g/mol.